The highest BCUT2D eigenvalue weighted by molar-refractivity contribution is 7.08. The number of thiophene rings is 1. The Morgan fingerprint density at radius 1 is 1.43 bits per heavy atom. The summed E-state index contributed by atoms with van der Waals surface area (Å²) in [4.78, 5) is 11.6. The van der Waals surface area contributed by atoms with E-state index in [0.717, 1.165) is 30.6 Å². The molecule has 0 aliphatic carbocycles. The van der Waals surface area contributed by atoms with E-state index in [-0.39, 0.29) is 5.91 Å². The summed E-state index contributed by atoms with van der Waals surface area (Å²) in [5.74, 6) is 0.0415. The van der Waals surface area contributed by atoms with Crippen molar-refractivity contribution in [2.24, 2.45) is 0 Å². The number of carbonyl (C=O) groups excluding carboxylic acids is 1. The van der Waals surface area contributed by atoms with E-state index in [1.54, 1.807) is 11.3 Å². The lowest BCUT2D eigenvalue weighted by molar-refractivity contribution is 0.0953. The highest BCUT2D eigenvalue weighted by Crippen LogP contribution is 2.12. The van der Waals surface area contributed by atoms with Crippen LogP contribution in [0.25, 0.3) is 0 Å². The minimum atomic E-state index is 0.0415. The Kier molecular flexibility index (Phi) is 4.62. The molecule has 0 saturated heterocycles. The molecule has 1 rings (SSSR count). The zero-order chi connectivity index (χ0) is 10.4. The van der Waals surface area contributed by atoms with Crippen LogP contribution >= 0.6 is 11.3 Å². The van der Waals surface area contributed by atoms with E-state index in [2.05, 4.69) is 10.6 Å². The Balaban J connectivity index is 2.32. The normalized spacial score (nSPS) is 10.1. The number of hydrogen-bond donors (Lipinski definition) is 2. The maximum absolute atomic E-state index is 11.6. The molecule has 3 nitrogen and oxygen atoms in total. The van der Waals surface area contributed by atoms with Gasteiger partial charge in [-0.15, -0.1) is 0 Å². The molecular weight excluding hydrogens is 196 g/mol. The summed E-state index contributed by atoms with van der Waals surface area (Å²) in [6.45, 7) is 3.62. The summed E-state index contributed by atoms with van der Waals surface area (Å²) in [7, 11) is 1.91. The van der Waals surface area contributed by atoms with Gasteiger partial charge in [0, 0.05) is 11.9 Å². The van der Waals surface area contributed by atoms with Gasteiger partial charge < -0.3 is 10.6 Å². The lowest BCUT2D eigenvalue weighted by Gasteiger charge is -2.03. The van der Waals surface area contributed by atoms with Crippen molar-refractivity contribution in [2.75, 3.05) is 20.1 Å². The molecule has 2 N–H and O–H groups in total. The summed E-state index contributed by atoms with van der Waals surface area (Å²) in [6, 6.07) is 0. The average Bonchev–Trinajstić information content (AvgIpc) is 2.59. The standard InChI is InChI=1S/C10H16N2OS/c1-8-6-14-7-9(8)10(13)12-5-3-4-11-2/h6-7,11H,3-5H2,1-2H3,(H,12,13). The SMILES string of the molecule is CNCCCNC(=O)c1cscc1C. The molecule has 4 heteroatoms. The monoisotopic (exact) mass is 212 g/mol. The predicted molar refractivity (Wildman–Crippen MR) is 59.9 cm³/mol. The van der Waals surface area contributed by atoms with E-state index in [1.807, 2.05) is 24.7 Å². The van der Waals surface area contributed by atoms with Gasteiger partial charge in [-0.1, -0.05) is 0 Å². The highest BCUT2D eigenvalue weighted by Gasteiger charge is 2.07. The molecule has 1 heterocycles. The molecule has 0 fully saturated rings. The first-order valence-electron chi connectivity index (χ1n) is 4.71. The summed E-state index contributed by atoms with van der Waals surface area (Å²) in [5.41, 5.74) is 1.86. The number of rotatable bonds is 5. The van der Waals surface area contributed by atoms with Crippen LogP contribution in [0, 0.1) is 6.92 Å². The predicted octanol–water partition coefficient (Wildman–Crippen LogP) is 1.40. The van der Waals surface area contributed by atoms with Gasteiger partial charge in [0.15, 0.2) is 0 Å². The van der Waals surface area contributed by atoms with Crippen molar-refractivity contribution in [3.05, 3.63) is 21.9 Å². The van der Waals surface area contributed by atoms with Crippen LogP contribution in [0.3, 0.4) is 0 Å². The molecule has 78 valence electrons. The smallest absolute Gasteiger partial charge is 0.252 e. The van der Waals surface area contributed by atoms with Crippen molar-refractivity contribution < 1.29 is 4.79 Å². The van der Waals surface area contributed by atoms with E-state index in [9.17, 15) is 4.79 Å². The van der Waals surface area contributed by atoms with Crippen molar-refractivity contribution in [3.63, 3.8) is 0 Å². The molecule has 0 atom stereocenters. The summed E-state index contributed by atoms with van der Waals surface area (Å²) in [5, 5.41) is 9.81. The van der Waals surface area contributed by atoms with Crippen LogP contribution in [0.4, 0.5) is 0 Å². The Morgan fingerprint density at radius 3 is 2.79 bits per heavy atom. The molecule has 1 amide bonds. The van der Waals surface area contributed by atoms with Crippen molar-refractivity contribution in [1.29, 1.82) is 0 Å². The second-order valence-electron chi connectivity index (χ2n) is 3.18. The van der Waals surface area contributed by atoms with Crippen LogP contribution in [0.5, 0.6) is 0 Å². The second kappa shape index (κ2) is 5.78. The lowest BCUT2D eigenvalue weighted by Crippen LogP contribution is -2.26. The molecule has 0 aliphatic rings. The minimum Gasteiger partial charge on any atom is -0.352 e. The van der Waals surface area contributed by atoms with Crippen LogP contribution in [0.15, 0.2) is 10.8 Å². The summed E-state index contributed by atoms with van der Waals surface area (Å²) in [6.07, 6.45) is 0.964. The first-order chi connectivity index (χ1) is 6.75. The van der Waals surface area contributed by atoms with Gasteiger partial charge in [-0.25, -0.2) is 0 Å². The van der Waals surface area contributed by atoms with Crippen LogP contribution < -0.4 is 10.6 Å². The largest absolute Gasteiger partial charge is 0.352 e. The fourth-order valence-electron chi connectivity index (χ4n) is 1.16. The van der Waals surface area contributed by atoms with Gasteiger partial charge in [0.1, 0.15) is 0 Å². The van der Waals surface area contributed by atoms with Gasteiger partial charge in [0.05, 0.1) is 5.56 Å². The molecule has 0 aliphatic heterocycles. The summed E-state index contributed by atoms with van der Waals surface area (Å²) < 4.78 is 0. The third kappa shape index (κ3) is 3.12. The third-order valence-electron chi connectivity index (χ3n) is 1.99. The zero-order valence-corrected chi connectivity index (χ0v) is 9.41. The maximum Gasteiger partial charge on any atom is 0.252 e. The van der Waals surface area contributed by atoms with Gasteiger partial charge in [0.25, 0.3) is 5.91 Å². The third-order valence-corrected chi connectivity index (χ3v) is 2.85. The van der Waals surface area contributed by atoms with E-state index in [1.165, 1.54) is 0 Å². The number of aryl methyl sites for hydroxylation is 1. The van der Waals surface area contributed by atoms with Gasteiger partial charge in [0.2, 0.25) is 0 Å². The topological polar surface area (TPSA) is 41.1 Å². The Bertz CT molecular complexity index is 296. The van der Waals surface area contributed by atoms with Gasteiger partial charge in [-0.05, 0) is 37.9 Å². The van der Waals surface area contributed by atoms with Crippen molar-refractivity contribution >= 4 is 17.2 Å². The number of nitrogens with one attached hydrogen (secondary N) is 2. The molecule has 0 saturated carbocycles. The molecule has 0 bridgehead atoms. The number of carbonyl (C=O) groups is 1. The number of hydrogen-bond acceptors (Lipinski definition) is 3. The summed E-state index contributed by atoms with van der Waals surface area (Å²) >= 11 is 1.57. The quantitative estimate of drug-likeness (QED) is 0.724. The van der Waals surface area contributed by atoms with E-state index >= 15 is 0 Å². The minimum absolute atomic E-state index is 0.0415. The van der Waals surface area contributed by atoms with Crippen LogP contribution in [-0.2, 0) is 0 Å². The first kappa shape index (κ1) is 11.2. The van der Waals surface area contributed by atoms with E-state index < -0.39 is 0 Å². The lowest BCUT2D eigenvalue weighted by atomic mass is 10.2. The fraction of sp³-hybridized carbons (Fsp3) is 0.500. The molecule has 0 unspecified atom stereocenters. The van der Waals surface area contributed by atoms with Gasteiger partial charge in [-0.2, -0.15) is 11.3 Å². The molecule has 0 radical (unpaired) electrons. The van der Waals surface area contributed by atoms with Gasteiger partial charge >= 0.3 is 0 Å². The average molecular weight is 212 g/mol. The second-order valence-corrected chi connectivity index (χ2v) is 3.93. The van der Waals surface area contributed by atoms with E-state index in [0.29, 0.717) is 0 Å². The molecule has 1 aromatic rings. The Hall–Kier alpha value is -0.870. The molecule has 1 aromatic heterocycles. The molecular formula is C10H16N2OS. The van der Waals surface area contributed by atoms with Crippen molar-refractivity contribution in [1.82, 2.24) is 10.6 Å². The zero-order valence-electron chi connectivity index (χ0n) is 8.59. The number of amides is 1. The highest BCUT2D eigenvalue weighted by atomic mass is 32.1. The van der Waals surface area contributed by atoms with Crippen LogP contribution in [0.1, 0.15) is 22.3 Å². The molecule has 0 spiro atoms. The Morgan fingerprint density at radius 2 is 2.21 bits per heavy atom. The van der Waals surface area contributed by atoms with Gasteiger partial charge in [-0.3, -0.25) is 4.79 Å². The van der Waals surface area contributed by atoms with E-state index in [4.69, 9.17) is 0 Å². The Labute approximate surface area is 88.5 Å². The maximum atomic E-state index is 11.6. The van der Waals surface area contributed by atoms with Crippen molar-refractivity contribution in [2.45, 2.75) is 13.3 Å². The van der Waals surface area contributed by atoms with Crippen LogP contribution in [0.2, 0.25) is 0 Å². The molecule has 0 aromatic carbocycles. The first-order valence-corrected chi connectivity index (χ1v) is 5.65. The molecule has 14 heavy (non-hydrogen) atoms. The fourth-order valence-corrected chi connectivity index (χ4v) is 1.98. The van der Waals surface area contributed by atoms with Crippen LogP contribution in [-0.4, -0.2) is 26.0 Å². The van der Waals surface area contributed by atoms with Crippen molar-refractivity contribution in [3.8, 4) is 0 Å².